The van der Waals surface area contributed by atoms with Crippen LogP contribution in [0.5, 0.6) is 0 Å². The minimum Gasteiger partial charge on any atom is -0.324 e. The molecule has 0 radical (unpaired) electrons. The van der Waals surface area contributed by atoms with Crippen molar-refractivity contribution in [2.45, 2.75) is 39.2 Å². The highest BCUT2D eigenvalue weighted by molar-refractivity contribution is 5.25. The average molecular weight is 196 g/mol. The highest BCUT2D eigenvalue weighted by atomic mass is 19.1. The van der Waals surface area contributed by atoms with Crippen LogP contribution in [0.15, 0.2) is 12.3 Å². The van der Waals surface area contributed by atoms with Crippen molar-refractivity contribution in [2.75, 3.05) is 0 Å². The molecule has 1 atom stereocenters. The Morgan fingerprint density at radius 2 is 2.29 bits per heavy atom. The van der Waals surface area contributed by atoms with E-state index in [0.29, 0.717) is 0 Å². The third-order valence-electron chi connectivity index (χ3n) is 2.39. The van der Waals surface area contributed by atoms with Crippen molar-refractivity contribution < 1.29 is 4.39 Å². The second-order valence-corrected chi connectivity index (χ2v) is 3.61. The molecule has 78 valence electrons. The van der Waals surface area contributed by atoms with Gasteiger partial charge in [-0.05, 0) is 30.5 Å². The predicted molar refractivity (Wildman–Crippen MR) is 55.4 cm³/mol. The van der Waals surface area contributed by atoms with Gasteiger partial charge in [-0.25, -0.2) is 4.98 Å². The fourth-order valence-electron chi connectivity index (χ4n) is 1.50. The number of halogens is 1. The lowest BCUT2D eigenvalue weighted by atomic mass is 10.00. The van der Waals surface area contributed by atoms with E-state index in [1.165, 1.54) is 6.07 Å². The highest BCUT2D eigenvalue weighted by Gasteiger charge is 2.09. The zero-order valence-electron chi connectivity index (χ0n) is 8.76. The van der Waals surface area contributed by atoms with E-state index in [4.69, 9.17) is 5.73 Å². The molecule has 0 aliphatic heterocycles. The molecule has 3 heteroatoms. The summed E-state index contributed by atoms with van der Waals surface area (Å²) in [6, 6.07) is 1.42. The van der Waals surface area contributed by atoms with Crippen LogP contribution in [0.2, 0.25) is 0 Å². The Kier molecular flexibility index (Phi) is 4.01. The molecule has 0 saturated heterocycles. The van der Waals surface area contributed by atoms with Crippen LogP contribution < -0.4 is 5.73 Å². The molecule has 0 spiro atoms. The number of nitrogens with zero attached hydrogens (tertiary/aromatic N) is 1. The topological polar surface area (TPSA) is 38.9 Å². The lowest BCUT2D eigenvalue weighted by Gasteiger charge is -2.13. The van der Waals surface area contributed by atoms with E-state index < -0.39 is 5.95 Å². The van der Waals surface area contributed by atoms with Crippen LogP contribution >= 0.6 is 0 Å². The average Bonchev–Trinajstić information content (AvgIpc) is 2.14. The summed E-state index contributed by atoms with van der Waals surface area (Å²) in [5.74, 6) is -0.436. The van der Waals surface area contributed by atoms with Gasteiger partial charge in [-0.2, -0.15) is 4.39 Å². The van der Waals surface area contributed by atoms with E-state index in [0.717, 1.165) is 30.4 Å². The quantitative estimate of drug-likeness (QED) is 0.752. The molecule has 2 N–H and O–H groups in total. The molecule has 14 heavy (non-hydrogen) atoms. The Balaban J connectivity index is 2.74. The smallest absolute Gasteiger partial charge is 0.213 e. The Bertz CT molecular complexity index is 299. The molecule has 0 aliphatic carbocycles. The Hall–Kier alpha value is -0.960. The lowest BCUT2D eigenvalue weighted by molar-refractivity contribution is 0.567. The second-order valence-electron chi connectivity index (χ2n) is 3.61. The monoisotopic (exact) mass is 196 g/mol. The molecule has 1 rings (SSSR count). The van der Waals surface area contributed by atoms with Crippen LogP contribution in [0.1, 0.15) is 43.4 Å². The van der Waals surface area contributed by atoms with Gasteiger partial charge >= 0.3 is 0 Å². The van der Waals surface area contributed by atoms with Crippen molar-refractivity contribution >= 4 is 0 Å². The maximum absolute atomic E-state index is 12.7. The first-order valence-corrected chi connectivity index (χ1v) is 5.02. The predicted octanol–water partition coefficient (Wildman–Crippen LogP) is 2.72. The number of pyridine rings is 1. The van der Waals surface area contributed by atoms with Gasteiger partial charge < -0.3 is 5.73 Å². The zero-order valence-corrected chi connectivity index (χ0v) is 8.76. The van der Waals surface area contributed by atoms with Crippen molar-refractivity contribution in [1.82, 2.24) is 4.98 Å². The van der Waals surface area contributed by atoms with Crippen LogP contribution in [-0.4, -0.2) is 4.98 Å². The standard InChI is InChI=1S/C11H17FN2/c1-3-4-5-10(13)9-7-14-11(12)6-8(9)2/h6-7,10H,3-5,13H2,1-2H3. The van der Waals surface area contributed by atoms with Gasteiger partial charge in [0, 0.05) is 12.2 Å². The molecule has 0 amide bonds. The van der Waals surface area contributed by atoms with Crippen LogP contribution in [0, 0.1) is 12.9 Å². The molecule has 0 saturated carbocycles. The van der Waals surface area contributed by atoms with Gasteiger partial charge in [0.15, 0.2) is 0 Å². The van der Waals surface area contributed by atoms with E-state index in [1.54, 1.807) is 6.20 Å². The van der Waals surface area contributed by atoms with E-state index in [2.05, 4.69) is 11.9 Å². The third kappa shape index (κ3) is 2.77. The van der Waals surface area contributed by atoms with Crippen LogP contribution in [0.4, 0.5) is 4.39 Å². The number of hydrogen-bond donors (Lipinski definition) is 1. The maximum Gasteiger partial charge on any atom is 0.213 e. The van der Waals surface area contributed by atoms with Crippen LogP contribution in [0.3, 0.4) is 0 Å². The Morgan fingerprint density at radius 1 is 1.57 bits per heavy atom. The molecule has 2 nitrogen and oxygen atoms in total. The third-order valence-corrected chi connectivity index (χ3v) is 2.39. The normalized spacial score (nSPS) is 12.9. The van der Waals surface area contributed by atoms with Crippen molar-refractivity contribution in [3.63, 3.8) is 0 Å². The molecular formula is C11H17FN2. The van der Waals surface area contributed by atoms with Gasteiger partial charge in [0.05, 0.1) is 0 Å². The van der Waals surface area contributed by atoms with Gasteiger partial charge in [0.25, 0.3) is 0 Å². The number of aromatic nitrogens is 1. The van der Waals surface area contributed by atoms with E-state index in [9.17, 15) is 4.39 Å². The number of unbranched alkanes of at least 4 members (excludes halogenated alkanes) is 1. The molecule has 1 aromatic heterocycles. The minimum absolute atomic E-state index is 0.0111. The van der Waals surface area contributed by atoms with Crippen molar-refractivity contribution in [3.05, 3.63) is 29.3 Å². The van der Waals surface area contributed by atoms with Gasteiger partial charge in [0.1, 0.15) is 0 Å². The summed E-state index contributed by atoms with van der Waals surface area (Å²) in [6.07, 6.45) is 4.70. The molecule has 1 heterocycles. The summed E-state index contributed by atoms with van der Waals surface area (Å²) in [7, 11) is 0. The summed E-state index contributed by atoms with van der Waals surface area (Å²) in [5, 5.41) is 0. The zero-order chi connectivity index (χ0) is 10.6. The number of hydrogen-bond acceptors (Lipinski definition) is 2. The van der Waals surface area contributed by atoms with Crippen molar-refractivity contribution in [1.29, 1.82) is 0 Å². The van der Waals surface area contributed by atoms with E-state index >= 15 is 0 Å². The largest absolute Gasteiger partial charge is 0.324 e. The molecule has 0 aliphatic rings. The lowest BCUT2D eigenvalue weighted by Crippen LogP contribution is -2.12. The van der Waals surface area contributed by atoms with E-state index in [1.807, 2.05) is 6.92 Å². The van der Waals surface area contributed by atoms with Crippen LogP contribution in [-0.2, 0) is 0 Å². The van der Waals surface area contributed by atoms with E-state index in [-0.39, 0.29) is 6.04 Å². The summed E-state index contributed by atoms with van der Waals surface area (Å²) >= 11 is 0. The summed E-state index contributed by atoms with van der Waals surface area (Å²) in [5.41, 5.74) is 7.82. The Labute approximate surface area is 84.3 Å². The minimum atomic E-state index is -0.436. The Morgan fingerprint density at radius 3 is 2.86 bits per heavy atom. The van der Waals surface area contributed by atoms with Crippen molar-refractivity contribution in [2.24, 2.45) is 5.73 Å². The molecule has 1 unspecified atom stereocenters. The summed E-state index contributed by atoms with van der Waals surface area (Å²) < 4.78 is 12.7. The number of nitrogens with two attached hydrogens (primary N) is 1. The summed E-state index contributed by atoms with van der Waals surface area (Å²) in [4.78, 5) is 3.62. The van der Waals surface area contributed by atoms with Crippen molar-refractivity contribution in [3.8, 4) is 0 Å². The summed E-state index contributed by atoms with van der Waals surface area (Å²) in [6.45, 7) is 3.99. The van der Waals surface area contributed by atoms with Gasteiger partial charge in [0.2, 0.25) is 5.95 Å². The molecular weight excluding hydrogens is 179 g/mol. The maximum atomic E-state index is 12.7. The van der Waals surface area contributed by atoms with Gasteiger partial charge in [-0.3, -0.25) is 0 Å². The SMILES string of the molecule is CCCCC(N)c1cnc(F)cc1C. The molecule has 0 aromatic carbocycles. The van der Waals surface area contributed by atoms with Gasteiger partial charge in [-0.15, -0.1) is 0 Å². The molecule has 0 fully saturated rings. The fraction of sp³-hybridized carbons (Fsp3) is 0.545. The molecule has 0 bridgehead atoms. The first-order chi connectivity index (χ1) is 6.65. The van der Waals surface area contributed by atoms with Crippen LogP contribution in [0.25, 0.3) is 0 Å². The first-order valence-electron chi connectivity index (χ1n) is 5.02. The first kappa shape index (κ1) is 11.1. The fourth-order valence-corrected chi connectivity index (χ4v) is 1.50. The number of aryl methyl sites for hydroxylation is 1. The highest BCUT2D eigenvalue weighted by Crippen LogP contribution is 2.19. The molecule has 1 aromatic rings. The number of rotatable bonds is 4. The second kappa shape index (κ2) is 5.05. The van der Waals surface area contributed by atoms with Gasteiger partial charge in [-0.1, -0.05) is 19.8 Å².